The zero-order chi connectivity index (χ0) is 16.7. The Balaban J connectivity index is 1.48. The second kappa shape index (κ2) is 6.71. The van der Waals surface area contributed by atoms with E-state index in [4.69, 9.17) is 0 Å². The highest BCUT2D eigenvalue weighted by Crippen LogP contribution is 2.38. The van der Waals surface area contributed by atoms with Crippen molar-refractivity contribution < 1.29 is 8.42 Å². The Bertz CT molecular complexity index is 679. The monoisotopic (exact) mass is 368 g/mol. The third kappa shape index (κ3) is 3.30. The van der Waals surface area contributed by atoms with E-state index in [0.717, 1.165) is 32.1 Å². The van der Waals surface area contributed by atoms with Gasteiger partial charge in [-0.3, -0.25) is 9.80 Å². The van der Waals surface area contributed by atoms with Gasteiger partial charge in [-0.05, 0) is 37.4 Å². The Morgan fingerprint density at radius 3 is 2.46 bits per heavy atom. The van der Waals surface area contributed by atoms with Crippen molar-refractivity contribution in [2.24, 2.45) is 0 Å². The van der Waals surface area contributed by atoms with Gasteiger partial charge in [0.15, 0.2) is 9.84 Å². The molecule has 3 fully saturated rings. The van der Waals surface area contributed by atoms with Crippen LogP contribution in [-0.2, 0) is 16.4 Å². The summed E-state index contributed by atoms with van der Waals surface area (Å²) < 4.78 is 24.4. The van der Waals surface area contributed by atoms with Crippen molar-refractivity contribution in [2.45, 2.75) is 57.2 Å². The predicted octanol–water partition coefficient (Wildman–Crippen LogP) is 2.71. The summed E-state index contributed by atoms with van der Waals surface area (Å²) in [5.74, 6) is 1.47. The topological polar surface area (TPSA) is 40.6 Å². The molecule has 1 aromatic heterocycles. The van der Waals surface area contributed by atoms with Gasteiger partial charge in [-0.1, -0.05) is 19.8 Å². The average molecular weight is 369 g/mol. The minimum Gasteiger partial charge on any atom is -0.297 e. The molecule has 1 aromatic rings. The van der Waals surface area contributed by atoms with Crippen molar-refractivity contribution in [1.82, 2.24) is 9.80 Å². The Labute approximate surface area is 149 Å². The molecule has 2 saturated heterocycles. The lowest BCUT2D eigenvalue weighted by molar-refractivity contribution is 0.0445. The lowest BCUT2D eigenvalue weighted by Crippen LogP contribution is -2.58. The molecule has 2 aliphatic heterocycles. The van der Waals surface area contributed by atoms with Crippen LogP contribution >= 0.6 is 11.3 Å². The number of hydrogen-bond acceptors (Lipinski definition) is 5. The van der Waals surface area contributed by atoms with Gasteiger partial charge in [-0.15, -0.1) is 11.3 Å². The van der Waals surface area contributed by atoms with Gasteiger partial charge in [0.1, 0.15) is 0 Å². The molecule has 0 aromatic carbocycles. The molecule has 0 unspecified atom stereocenters. The summed E-state index contributed by atoms with van der Waals surface area (Å²) >= 11 is 1.96. The van der Waals surface area contributed by atoms with Gasteiger partial charge in [0.2, 0.25) is 0 Å². The largest absolute Gasteiger partial charge is 0.297 e. The first-order chi connectivity index (χ1) is 11.6. The van der Waals surface area contributed by atoms with Crippen LogP contribution in [0.5, 0.6) is 0 Å². The second-order valence-electron chi connectivity index (χ2n) is 7.60. The van der Waals surface area contributed by atoms with E-state index in [0.29, 0.717) is 11.5 Å². The maximum Gasteiger partial charge on any atom is 0.153 e. The molecule has 0 amide bonds. The molecule has 0 spiro atoms. The van der Waals surface area contributed by atoms with Crippen molar-refractivity contribution in [3.8, 4) is 0 Å². The average Bonchev–Trinajstić information content (AvgIpc) is 3.25. The number of likely N-dealkylation sites (N-methyl/N-ethyl adjacent to an activating group) is 1. The highest BCUT2D eigenvalue weighted by Gasteiger charge is 2.45. The van der Waals surface area contributed by atoms with E-state index in [9.17, 15) is 8.42 Å². The first kappa shape index (κ1) is 17.0. The first-order valence-corrected chi connectivity index (χ1v) is 12.0. The highest BCUT2D eigenvalue weighted by molar-refractivity contribution is 7.91. The van der Waals surface area contributed by atoms with Crippen molar-refractivity contribution >= 4 is 21.2 Å². The molecule has 0 bridgehead atoms. The summed E-state index contributed by atoms with van der Waals surface area (Å²) in [5.41, 5.74) is 0. The maximum absolute atomic E-state index is 12.2. The molecule has 4 nitrogen and oxygen atoms in total. The zero-order valence-corrected chi connectivity index (χ0v) is 16.1. The summed E-state index contributed by atoms with van der Waals surface area (Å²) in [6.45, 7) is 6.00. The quantitative estimate of drug-likeness (QED) is 0.819. The van der Waals surface area contributed by atoms with E-state index in [1.807, 2.05) is 11.3 Å². The first-order valence-electron chi connectivity index (χ1n) is 9.33. The number of rotatable bonds is 4. The summed E-state index contributed by atoms with van der Waals surface area (Å²) in [7, 11) is -2.88. The van der Waals surface area contributed by atoms with Gasteiger partial charge in [0.05, 0.1) is 11.5 Å². The van der Waals surface area contributed by atoms with Crippen LogP contribution < -0.4 is 0 Å². The minimum atomic E-state index is -2.88. The number of fused-ring (bicyclic) bond motifs is 1. The number of thiophene rings is 1. The molecule has 6 heteroatoms. The molecule has 2 atom stereocenters. The molecule has 3 aliphatic rings. The fourth-order valence-corrected chi connectivity index (χ4v) is 8.05. The smallest absolute Gasteiger partial charge is 0.153 e. The Kier molecular flexibility index (Phi) is 4.75. The Hall–Kier alpha value is -0.430. The molecule has 24 heavy (non-hydrogen) atoms. The van der Waals surface area contributed by atoms with Gasteiger partial charge in [-0.25, -0.2) is 8.42 Å². The molecule has 4 rings (SSSR count). The number of nitrogens with zero attached hydrogens (tertiary/aromatic N) is 2. The van der Waals surface area contributed by atoms with E-state index in [-0.39, 0.29) is 12.1 Å². The van der Waals surface area contributed by atoms with Crippen LogP contribution in [0.1, 0.15) is 48.3 Å². The van der Waals surface area contributed by atoms with E-state index in [1.54, 1.807) is 4.88 Å². The lowest BCUT2D eigenvalue weighted by atomic mass is 10.0. The minimum absolute atomic E-state index is 0.181. The van der Waals surface area contributed by atoms with Crippen molar-refractivity contribution in [3.05, 3.63) is 21.9 Å². The van der Waals surface area contributed by atoms with Crippen LogP contribution in [-0.4, -0.2) is 61.4 Å². The molecular formula is C18H28N2O2S2. The van der Waals surface area contributed by atoms with Crippen LogP contribution in [0.4, 0.5) is 0 Å². The third-order valence-electron chi connectivity index (χ3n) is 6.11. The molecule has 1 saturated carbocycles. The molecular weight excluding hydrogens is 340 g/mol. The van der Waals surface area contributed by atoms with E-state index >= 15 is 0 Å². The standard InChI is InChI=1S/C18H28N2O2S2/c1-2-19-9-10-20(17-13-24(21,22)12-16(17)19)11-15-7-8-18(23-15)14-5-3-4-6-14/h7-8,14,16-17H,2-6,9-13H2,1H3/t16-,17+/m0/s1. The SMILES string of the molecule is CCN1CCN(Cc2ccc(C3CCCC3)s2)[C@@H]2CS(=O)(=O)C[C@@H]21. The predicted molar refractivity (Wildman–Crippen MR) is 99.4 cm³/mol. The summed E-state index contributed by atoms with van der Waals surface area (Å²) in [4.78, 5) is 7.76. The number of sulfone groups is 1. The van der Waals surface area contributed by atoms with Gasteiger partial charge < -0.3 is 0 Å². The Morgan fingerprint density at radius 2 is 1.75 bits per heavy atom. The zero-order valence-electron chi connectivity index (χ0n) is 14.5. The molecule has 134 valence electrons. The third-order valence-corrected chi connectivity index (χ3v) is 9.04. The highest BCUT2D eigenvalue weighted by atomic mass is 32.2. The maximum atomic E-state index is 12.2. The van der Waals surface area contributed by atoms with Gasteiger partial charge in [0, 0.05) is 41.5 Å². The Morgan fingerprint density at radius 1 is 1.08 bits per heavy atom. The summed E-state index contributed by atoms with van der Waals surface area (Å²) in [6, 6.07) is 4.98. The fraction of sp³-hybridized carbons (Fsp3) is 0.778. The van der Waals surface area contributed by atoms with Crippen molar-refractivity contribution in [2.75, 3.05) is 31.1 Å². The van der Waals surface area contributed by atoms with Crippen LogP contribution in [0.15, 0.2) is 12.1 Å². The van der Waals surface area contributed by atoms with Crippen molar-refractivity contribution in [3.63, 3.8) is 0 Å². The van der Waals surface area contributed by atoms with Crippen LogP contribution in [0.3, 0.4) is 0 Å². The molecule has 1 aliphatic carbocycles. The molecule has 0 radical (unpaired) electrons. The summed E-state index contributed by atoms with van der Waals surface area (Å²) in [5, 5.41) is 0. The van der Waals surface area contributed by atoms with E-state index in [1.165, 1.54) is 30.6 Å². The lowest BCUT2D eigenvalue weighted by Gasteiger charge is -2.43. The molecule has 0 N–H and O–H groups in total. The molecule has 3 heterocycles. The van der Waals surface area contributed by atoms with Crippen LogP contribution in [0, 0.1) is 0 Å². The van der Waals surface area contributed by atoms with Crippen molar-refractivity contribution in [1.29, 1.82) is 0 Å². The van der Waals surface area contributed by atoms with E-state index in [2.05, 4.69) is 28.9 Å². The van der Waals surface area contributed by atoms with Crippen LogP contribution in [0.25, 0.3) is 0 Å². The number of hydrogen-bond donors (Lipinski definition) is 0. The second-order valence-corrected chi connectivity index (χ2v) is 10.9. The van der Waals surface area contributed by atoms with E-state index < -0.39 is 9.84 Å². The fourth-order valence-electron chi connectivity index (χ4n) is 4.79. The van der Waals surface area contributed by atoms with Gasteiger partial charge in [0.25, 0.3) is 0 Å². The summed E-state index contributed by atoms with van der Waals surface area (Å²) in [6.07, 6.45) is 5.44. The normalized spacial score (nSPS) is 31.5. The van der Waals surface area contributed by atoms with Gasteiger partial charge in [-0.2, -0.15) is 0 Å². The van der Waals surface area contributed by atoms with Crippen LogP contribution in [0.2, 0.25) is 0 Å². The van der Waals surface area contributed by atoms with Gasteiger partial charge >= 0.3 is 0 Å². The number of piperazine rings is 1.